The lowest BCUT2D eigenvalue weighted by atomic mass is 10.0. The number of halogens is 1. The highest BCUT2D eigenvalue weighted by molar-refractivity contribution is 7.88. The van der Waals surface area contributed by atoms with E-state index in [0.29, 0.717) is 56.2 Å². The second-order valence-electron chi connectivity index (χ2n) is 10.7. The van der Waals surface area contributed by atoms with Crippen molar-refractivity contribution in [2.45, 2.75) is 6.54 Å². The normalized spacial score (nSPS) is 11.7. The summed E-state index contributed by atoms with van der Waals surface area (Å²) in [5, 5.41) is 12.0. The maximum Gasteiger partial charge on any atom is 0.255 e. The largest absolute Gasteiger partial charge is 0.338 e. The van der Waals surface area contributed by atoms with Gasteiger partial charge < -0.3 is 10.3 Å². The number of hydrogen-bond donors (Lipinski definition) is 4. The fourth-order valence-corrected chi connectivity index (χ4v) is 5.68. The standard InChI is InChI=1S/C33H25FN8O3S/c1-46(44,45)38-15-19-9-21(11-23(34)10-19)25-7-8-36-32-26(25)13-29(40-32)31-27-14-28(37-18-30(27)41-42-31)22-12-24(17-35-16-22)39-33(43)20-5-3-2-4-6-20/h2-14,16-18,38H,15H2,1H3,(H,36,40)(H,39,43)(H,41,42). The molecule has 0 fully saturated rings. The van der Waals surface area contributed by atoms with Crippen LogP contribution in [0.3, 0.4) is 0 Å². The molecule has 11 nitrogen and oxygen atoms in total. The molecule has 0 saturated carbocycles. The zero-order valence-corrected chi connectivity index (χ0v) is 25.1. The lowest BCUT2D eigenvalue weighted by Crippen LogP contribution is -2.21. The summed E-state index contributed by atoms with van der Waals surface area (Å²) in [5.41, 5.74) is 6.76. The van der Waals surface area contributed by atoms with Gasteiger partial charge >= 0.3 is 0 Å². The maximum atomic E-state index is 14.6. The highest BCUT2D eigenvalue weighted by atomic mass is 32.2. The Morgan fingerprint density at radius 2 is 1.76 bits per heavy atom. The number of benzene rings is 2. The first-order chi connectivity index (χ1) is 22.2. The molecule has 0 aliphatic rings. The number of amides is 1. The van der Waals surface area contributed by atoms with Crippen LogP contribution in [0.5, 0.6) is 0 Å². The first-order valence-corrected chi connectivity index (χ1v) is 16.0. The van der Waals surface area contributed by atoms with Gasteiger partial charge in [-0.2, -0.15) is 5.10 Å². The summed E-state index contributed by atoms with van der Waals surface area (Å²) in [4.78, 5) is 29.4. The van der Waals surface area contributed by atoms with Crippen LogP contribution < -0.4 is 10.0 Å². The molecule has 5 heterocycles. The number of pyridine rings is 3. The van der Waals surface area contributed by atoms with Crippen molar-refractivity contribution in [3.8, 4) is 33.8 Å². The summed E-state index contributed by atoms with van der Waals surface area (Å²) in [6.45, 7) is -0.0380. The van der Waals surface area contributed by atoms with Crippen molar-refractivity contribution >= 4 is 43.6 Å². The Morgan fingerprint density at radius 1 is 0.913 bits per heavy atom. The van der Waals surface area contributed by atoms with Gasteiger partial charge in [-0.05, 0) is 71.3 Å². The molecule has 7 aromatic rings. The predicted molar refractivity (Wildman–Crippen MR) is 174 cm³/mol. The van der Waals surface area contributed by atoms with Crippen molar-refractivity contribution in [2.75, 3.05) is 11.6 Å². The van der Waals surface area contributed by atoms with Crippen LogP contribution >= 0.6 is 0 Å². The van der Waals surface area contributed by atoms with Crippen molar-refractivity contribution in [2.24, 2.45) is 0 Å². The van der Waals surface area contributed by atoms with E-state index in [2.05, 4.69) is 40.2 Å². The van der Waals surface area contributed by atoms with Crippen molar-refractivity contribution in [3.05, 3.63) is 115 Å². The highest BCUT2D eigenvalue weighted by Gasteiger charge is 2.17. The zero-order chi connectivity index (χ0) is 31.8. The highest BCUT2D eigenvalue weighted by Crippen LogP contribution is 2.35. The summed E-state index contributed by atoms with van der Waals surface area (Å²) >= 11 is 0. The molecular formula is C33H25FN8O3S. The lowest BCUT2D eigenvalue weighted by molar-refractivity contribution is 0.102. The number of aromatic nitrogens is 6. The number of carbonyl (C=O) groups is 1. The summed E-state index contributed by atoms with van der Waals surface area (Å²) in [7, 11) is -3.45. The van der Waals surface area contributed by atoms with Crippen LogP contribution in [0.15, 0.2) is 97.6 Å². The average Bonchev–Trinajstić information content (AvgIpc) is 3.68. The third-order valence-corrected chi connectivity index (χ3v) is 8.04. The second kappa shape index (κ2) is 11.6. The van der Waals surface area contributed by atoms with Crippen LogP contribution in [0.2, 0.25) is 0 Å². The van der Waals surface area contributed by atoms with Gasteiger partial charge in [0.1, 0.15) is 17.2 Å². The zero-order valence-electron chi connectivity index (χ0n) is 24.2. The number of carbonyl (C=O) groups excluding carboxylic acids is 1. The lowest BCUT2D eigenvalue weighted by Gasteiger charge is -2.08. The van der Waals surface area contributed by atoms with Crippen LogP contribution in [-0.4, -0.2) is 50.7 Å². The fraction of sp³-hybridized carbons (Fsp3) is 0.0606. The first kappa shape index (κ1) is 29.0. The quantitative estimate of drug-likeness (QED) is 0.168. The van der Waals surface area contributed by atoms with Crippen LogP contribution in [0.4, 0.5) is 10.1 Å². The Labute approximate surface area is 262 Å². The van der Waals surface area contributed by atoms with Crippen LogP contribution in [-0.2, 0) is 16.6 Å². The molecular weight excluding hydrogens is 607 g/mol. The van der Waals surface area contributed by atoms with Crippen LogP contribution in [0.1, 0.15) is 15.9 Å². The molecule has 46 heavy (non-hydrogen) atoms. The number of H-pyrrole nitrogens is 2. The molecule has 0 radical (unpaired) electrons. The number of nitrogens with one attached hydrogen (secondary N) is 4. The summed E-state index contributed by atoms with van der Waals surface area (Å²) < 4.78 is 40.2. The average molecular weight is 633 g/mol. The van der Waals surface area contributed by atoms with E-state index < -0.39 is 15.8 Å². The van der Waals surface area contributed by atoms with E-state index in [1.54, 1.807) is 67.3 Å². The van der Waals surface area contributed by atoms with E-state index in [0.717, 1.165) is 22.6 Å². The van der Waals surface area contributed by atoms with Gasteiger partial charge in [-0.1, -0.05) is 18.2 Å². The van der Waals surface area contributed by atoms with E-state index in [9.17, 15) is 17.6 Å². The van der Waals surface area contributed by atoms with E-state index in [1.807, 2.05) is 18.2 Å². The molecule has 1 amide bonds. The Morgan fingerprint density at radius 3 is 2.59 bits per heavy atom. The number of nitrogens with zero attached hydrogens (tertiary/aromatic N) is 4. The number of aromatic amines is 2. The number of anilines is 1. The fourth-order valence-electron chi connectivity index (χ4n) is 5.25. The van der Waals surface area contributed by atoms with E-state index >= 15 is 0 Å². The van der Waals surface area contributed by atoms with Gasteiger partial charge in [-0.25, -0.2) is 22.5 Å². The Hall–Kier alpha value is -5.79. The molecule has 0 aliphatic heterocycles. The minimum absolute atomic E-state index is 0.0380. The molecule has 0 aliphatic carbocycles. The van der Waals surface area contributed by atoms with Crippen LogP contribution in [0, 0.1) is 5.82 Å². The number of hydrogen-bond acceptors (Lipinski definition) is 7. The van der Waals surface area contributed by atoms with Crippen molar-refractivity contribution in [3.63, 3.8) is 0 Å². The molecule has 13 heteroatoms. The minimum atomic E-state index is -3.45. The van der Waals surface area contributed by atoms with Gasteiger partial charge in [0, 0.05) is 40.8 Å². The molecule has 0 saturated heterocycles. The topological polar surface area (TPSA) is 158 Å². The van der Waals surface area contributed by atoms with Gasteiger partial charge in [0.15, 0.2) is 0 Å². The first-order valence-electron chi connectivity index (χ1n) is 14.1. The molecule has 2 aromatic carbocycles. The second-order valence-corrected chi connectivity index (χ2v) is 12.5. The van der Waals surface area contributed by atoms with E-state index in [1.165, 1.54) is 12.1 Å². The van der Waals surface area contributed by atoms with Gasteiger partial charge in [-0.15, -0.1) is 0 Å². The Bertz CT molecular complexity index is 2370. The van der Waals surface area contributed by atoms with Crippen molar-refractivity contribution in [1.29, 1.82) is 0 Å². The van der Waals surface area contributed by atoms with Gasteiger partial charge in [0.25, 0.3) is 5.91 Å². The molecule has 4 N–H and O–H groups in total. The molecule has 228 valence electrons. The maximum absolute atomic E-state index is 14.6. The summed E-state index contributed by atoms with van der Waals surface area (Å²) in [6, 6.07) is 20.7. The van der Waals surface area contributed by atoms with Gasteiger partial charge in [-0.3, -0.25) is 19.9 Å². The van der Waals surface area contributed by atoms with Gasteiger partial charge in [0.05, 0.1) is 41.2 Å². The number of sulfonamides is 1. The van der Waals surface area contributed by atoms with Crippen LogP contribution in [0.25, 0.3) is 55.7 Å². The molecule has 0 atom stereocenters. The Balaban J connectivity index is 1.22. The smallest absolute Gasteiger partial charge is 0.255 e. The number of fused-ring (bicyclic) bond motifs is 2. The van der Waals surface area contributed by atoms with E-state index in [4.69, 9.17) is 0 Å². The predicted octanol–water partition coefficient (Wildman–Crippen LogP) is 5.67. The SMILES string of the molecule is CS(=O)(=O)NCc1cc(F)cc(-c2ccnc3[nH]c(-c4n[nH]c5cnc(-c6cncc(NC(=O)c7ccccc7)c6)cc45)cc23)c1. The van der Waals surface area contributed by atoms with Gasteiger partial charge in [0.2, 0.25) is 10.0 Å². The molecule has 0 bridgehead atoms. The van der Waals surface area contributed by atoms with Crippen molar-refractivity contribution in [1.82, 2.24) is 34.9 Å². The molecule has 0 unspecified atom stereocenters. The van der Waals surface area contributed by atoms with E-state index in [-0.39, 0.29) is 12.5 Å². The molecule has 5 aromatic heterocycles. The molecule has 7 rings (SSSR count). The summed E-state index contributed by atoms with van der Waals surface area (Å²) in [5.74, 6) is -0.730. The third kappa shape index (κ3) is 5.96. The summed E-state index contributed by atoms with van der Waals surface area (Å²) in [6.07, 6.45) is 7.61. The Kier molecular flexibility index (Phi) is 7.31. The third-order valence-electron chi connectivity index (χ3n) is 7.37. The number of rotatable bonds is 8. The molecule has 0 spiro atoms. The monoisotopic (exact) mass is 632 g/mol. The van der Waals surface area contributed by atoms with Crippen molar-refractivity contribution < 1.29 is 17.6 Å². The minimum Gasteiger partial charge on any atom is -0.338 e.